The molecule has 3 fully saturated rings. The van der Waals surface area contributed by atoms with E-state index in [0.717, 1.165) is 23.5 Å². The number of imide groups is 1. The molecule has 2 unspecified atom stereocenters. The summed E-state index contributed by atoms with van der Waals surface area (Å²) in [7, 11) is 0. The lowest BCUT2D eigenvalue weighted by Gasteiger charge is -2.37. The number of carbonyl (C=O) groups excluding carboxylic acids is 2. The highest BCUT2D eigenvalue weighted by Gasteiger charge is 2.67. The molecule has 0 radical (unpaired) electrons. The Morgan fingerprint density at radius 2 is 1.54 bits per heavy atom. The summed E-state index contributed by atoms with van der Waals surface area (Å²) in [6, 6.07) is 4.48. The summed E-state index contributed by atoms with van der Waals surface area (Å²) in [5.74, 6) is -0.395. The lowest BCUT2D eigenvalue weighted by atomic mass is 9.63. The van der Waals surface area contributed by atoms with Gasteiger partial charge in [0.15, 0.2) is 0 Å². The molecule has 1 heterocycles. The molecular weight excluding hydrogens is 319 g/mol. The van der Waals surface area contributed by atoms with E-state index < -0.39 is 23.6 Å². The number of allylic oxidation sites excluding steroid dienone is 2. The fourth-order valence-corrected chi connectivity index (χ4v) is 5.03. The van der Waals surface area contributed by atoms with Crippen molar-refractivity contribution in [2.24, 2.45) is 35.5 Å². The second-order valence-electron chi connectivity index (χ2n) is 7.21. The molecule has 3 nitrogen and oxygen atoms in total. The lowest BCUT2D eigenvalue weighted by Crippen LogP contribution is -2.40. The third kappa shape index (κ3) is 1.69. The van der Waals surface area contributed by atoms with Gasteiger partial charge < -0.3 is 0 Å². The molecule has 0 N–H and O–H groups in total. The summed E-state index contributed by atoms with van der Waals surface area (Å²) in [6.45, 7) is 0. The molecule has 5 aliphatic rings. The van der Waals surface area contributed by atoms with E-state index in [2.05, 4.69) is 0 Å². The molecule has 1 aromatic carbocycles. The van der Waals surface area contributed by atoms with E-state index >= 15 is 0 Å². The van der Waals surface area contributed by atoms with E-state index in [1.54, 1.807) is 0 Å². The summed E-state index contributed by atoms with van der Waals surface area (Å²) in [5.41, 5.74) is -0.818. The molecule has 2 bridgehead atoms. The zero-order chi connectivity index (χ0) is 16.8. The molecule has 4 aliphatic carbocycles. The van der Waals surface area contributed by atoms with E-state index in [1.807, 2.05) is 12.2 Å². The van der Waals surface area contributed by atoms with Crippen LogP contribution in [0, 0.1) is 35.5 Å². The Balaban J connectivity index is 1.55. The second kappa shape index (κ2) is 4.29. The van der Waals surface area contributed by atoms with E-state index in [9.17, 15) is 22.8 Å². The largest absolute Gasteiger partial charge is 0.416 e. The highest BCUT2D eigenvalue weighted by atomic mass is 19.4. The Bertz CT molecular complexity index is 764. The number of carbonyl (C=O) groups is 2. The average molecular weight is 333 g/mol. The first-order valence-electron chi connectivity index (χ1n) is 8.11. The average Bonchev–Trinajstić information content (AvgIpc) is 3.31. The van der Waals surface area contributed by atoms with Crippen LogP contribution in [-0.4, -0.2) is 11.8 Å². The third-order valence-corrected chi connectivity index (χ3v) is 6.09. The maximum Gasteiger partial charge on any atom is 0.416 e. The smallest absolute Gasteiger partial charge is 0.274 e. The summed E-state index contributed by atoms with van der Waals surface area (Å²) in [4.78, 5) is 26.7. The predicted octanol–water partition coefficient (Wildman–Crippen LogP) is 3.26. The molecule has 6 atom stereocenters. The summed E-state index contributed by atoms with van der Waals surface area (Å²) < 4.78 is 38.8. The van der Waals surface area contributed by atoms with E-state index in [1.165, 1.54) is 12.1 Å². The van der Waals surface area contributed by atoms with Gasteiger partial charge in [-0.15, -0.1) is 0 Å². The van der Waals surface area contributed by atoms with Crippen molar-refractivity contribution in [2.45, 2.75) is 12.6 Å². The van der Waals surface area contributed by atoms with Gasteiger partial charge in [-0.05, 0) is 48.3 Å². The monoisotopic (exact) mass is 333 g/mol. The van der Waals surface area contributed by atoms with Gasteiger partial charge in [-0.1, -0.05) is 18.2 Å². The Labute approximate surface area is 136 Å². The highest BCUT2D eigenvalue weighted by Crippen LogP contribution is 2.65. The summed E-state index contributed by atoms with van der Waals surface area (Å²) >= 11 is 0. The Morgan fingerprint density at radius 3 is 2.08 bits per heavy atom. The van der Waals surface area contributed by atoms with Gasteiger partial charge in [-0.2, -0.15) is 13.2 Å². The SMILES string of the molecule is O=C1[C@@H]2C3C=CC([C@H]4C[C@@H]34)[C@@H]2C(=O)N1c1cccc(C(F)(F)F)c1. The zero-order valence-electron chi connectivity index (χ0n) is 12.5. The zero-order valence-corrected chi connectivity index (χ0v) is 12.5. The molecular formula is C18H14F3NO2. The first kappa shape index (κ1) is 14.3. The van der Waals surface area contributed by atoms with Crippen LogP contribution in [0.4, 0.5) is 18.9 Å². The number of halogens is 3. The fourth-order valence-electron chi connectivity index (χ4n) is 5.03. The third-order valence-electron chi connectivity index (χ3n) is 6.09. The van der Waals surface area contributed by atoms with Crippen molar-refractivity contribution in [3.8, 4) is 0 Å². The van der Waals surface area contributed by atoms with Gasteiger partial charge in [-0.25, -0.2) is 0 Å². The van der Waals surface area contributed by atoms with E-state index in [-0.39, 0.29) is 29.3 Å². The van der Waals surface area contributed by atoms with Gasteiger partial charge in [0.25, 0.3) is 0 Å². The number of rotatable bonds is 1. The Morgan fingerprint density at radius 1 is 0.958 bits per heavy atom. The first-order chi connectivity index (χ1) is 11.4. The van der Waals surface area contributed by atoms with Gasteiger partial charge in [-0.3, -0.25) is 14.5 Å². The Kier molecular flexibility index (Phi) is 2.55. The molecule has 2 amide bonds. The van der Waals surface area contributed by atoms with Gasteiger partial charge in [0.05, 0.1) is 23.1 Å². The molecule has 1 aliphatic heterocycles. The van der Waals surface area contributed by atoms with Crippen LogP contribution in [0.25, 0.3) is 0 Å². The second-order valence-corrected chi connectivity index (χ2v) is 7.21. The standard InChI is InChI=1S/C18H14F3NO2/c19-18(20,21)8-2-1-3-9(6-8)22-16(23)14-10-4-5-11(13-7-12(10)13)15(14)17(22)24/h1-6,10-15H,7H2/t10?,11?,12-,13+,14+,15-. The fraction of sp³-hybridized carbons (Fsp3) is 0.444. The van der Waals surface area contributed by atoms with Crippen molar-refractivity contribution in [1.82, 2.24) is 0 Å². The minimum absolute atomic E-state index is 0.0299. The highest BCUT2D eigenvalue weighted by molar-refractivity contribution is 6.22. The van der Waals surface area contributed by atoms with Crippen LogP contribution < -0.4 is 4.90 Å². The quantitative estimate of drug-likeness (QED) is 0.584. The molecule has 0 spiro atoms. The molecule has 124 valence electrons. The van der Waals surface area contributed by atoms with Crippen molar-refractivity contribution >= 4 is 17.5 Å². The maximum atomic E-state index is 12.9. The number of nitrogens with zero attached hydrogens (tertiary/aromatic N) is 1. The van der Waals surface area contributed by atoms with Crippen molar-refractivity contribution in [3.05, 3.63) is 42.0 Å². The van der Waals surface area contributed by atoms with Gasteiger partial charge in [0, 0.05) is 0 Å². The molecule has 6 heteroatoms. The van der Waals surface area contributed by atoms with Gasteiger partial charge in [0.2, 0.25) is 11.8 Å². The molecule has 1 saturated heterocycles. The normalized spacial score (nSPS) is 39.2. The summed E-state index contributed by atoms with van der Waals surface area (Å²) in [6.07, 6.45) is 0.637. The lowest BCUT2D eigenvalue weighted by molar-refractivity contribution is -0.137. The van der Waals surface area contributed by atoms with Crippen LogP contribution in [0.1, 0.15) is 12.0 Å². The minimum Gasteiger partial charge on any atom is -0.274 e. The van der Waals surface area contributed by atoms with Crippen LogP contribution in [0.15, 0.2) is 36.4 Å². The summed E-state index contributed by atoms with van der Waals surface area (Å²) in [5, 5.41) is 0. The van der Waals surface area contributed by atoms with Crippen LogP contribution in [-0.2, 0) is 15.8 Å². The number of hydrogen-bond acceptors (Lipinski definition) is 2. The number of hydrogen-bond donors (Lipinski definition) is 0. The van der Waals surface area contributed by atoms with Crippen molar-refractivity contribution in [2.75, 3.05) is 4.90 Å². The van der Waals surface area contributed by atoms with Gasteiger partial charge in [0.1, 0.15) is 0 Å². The van der Waals surface area contributed by atoms with Crippen molar-refractivity contribution in [3.63, 3.8) is 0 Å². The molecule has 24 heavy (non-hydrogen) atoms. The maximum absolute atomic E-state index is 12.9. The van der Waals surface area contributed by atoms with E-state index in [4.69, 9.17) is 0 Å². The first-order valence-corrected chi connectivity index (χ1v) is 8.11. The molecule has 6 rings (SSSR count). The molecule has 0 aromatic heterocycles. The minimum atomic E-state index is -4.50. The van der Waals surface area contributed by atoms with E-state index in [0.29, 0.717) is 11.8 Å². The predicted molar refractivity (Wildman–Crippen MR) is 78.6 cm³/mol. The van der Waals surface area contributed by atoms with Crippen LogP contribution >= 0.6 is 0 Å². The Hall–Kier alpha value is -2.11. The molecule has 1 aromatic rings. The van der Waals surface area contributed by atoms with Crippen molar-refractivity contribution < 1.29 is 22.8 Å². The number of alkyl halides is 3. The molecule has 2 saturated carbocycles. The number of amides is 2. The van der Waals surface area contributed by atoms with Crippen LogP contribution in [0.2, 0.25) is 0 Å². The topological polar surface area (TPSA) is 37.4 Å². The van der Waals surface area contributed by atoms with Crippen LogP contribution in [0.5, 0.6) is 0 Å². The number of anilines is 1. The van der Waals surface area contributed by atoms with Crippen LogP contribution in [0.3, 0.4) is 0 Å². The van der Waals surface area contributed by atoms with Gasteiger partial charge >= 0.3 is 6.18 Å². The van der Waals surface area contributed by atoms with Crippen molar-refractivity contribution in [1.29, 1.82) is 0 Å². The number of benzene rings is 1.